The van der Waals surface area contributed by atoms with Gasteiger partial charge in [-0.05, 0) is 79.8 Å². The molecule has 0 radical (unpaired) electrons. The lowest BCUT2D eigenvalue weighted by atomic mass is 10.0. The monoisotopic (exact) mass is 610 g/mol. The Hall–Kier alpha value is -4.77. The predicted molar refractivity (Wildman–Crippen MR) is 169 cm³/mol. The molecule has 3 aromatic rings. The molecule has 1 aliphatic carbocycles. The number of ether oxygens (including phenoxy) is 1. The molecule has 4 N–H and O–H groups in total. The van der Waals surface area contributed by atoms with Crippen LogP contribution < -0.4 is 21.1 Å². The van der Waals surface area contributed by atoms with Crippen molar-refractivity contribution in [3.05, 3.63) is 82.5 Å². The van der Waals surface area contributed by atoms with Gasteiger partial charge in [0.2, 0.25) is 5.91 Å². The van der Waals surface area contributed by atoms with Crippen LogP contribution in [-0.2, 0) is 29.1 Å². The highest BCUT2D eigenvalue weighted by Gasteiger charge is 2.33. The Kier molecular flexibility index (Phi) is 9.06. The van der Waals surface area contributed by atoms with E-state index in [1.165, 1.54) is 0 Å². The highest BCUT2D eigenvalue weighted by atomic mass is 16.5. The minimum Gasteiger partial charge on any atom is -0.482 e. The lowest BCUT2D eigenvalue weighted by Gasteiger charge is -2.28. The number of fused-ring (bicyclic) bond motifs is 2. The molecule has 234 valence electrons. The number of benzene rings is 2. The zero-order valence-electron chi connectivity index (χ0n) is 25.2. The van der Waals surface area contributed by atoms with E-state index < -0.39 is 0 Å². The smallest absolute Gasteiger partial charge is 0.262 e. The van der Waals surface area contributed by atoms with Gasteiger partial charge in [0.25, 0.3) is 17.7 Å². The van der Waals surface area contributed by atoms with Gasteiger partial charge in [-0.25, -0.2) is 4.98 Å². The summed E-state index contributed by atoms with van der Waals surface area (Å²) in [4.78, 5) is 59.1. The fraction of sp³-hybridized carbons (Fsp3) is 0.382. The largest absolute Gasteiger partial charge is 0.482 e. The molecule has 6 rings (SSSR count). The van der Waals surface area contributed by atoms with Crippen LogP contribution >= 0.6 is 0 Å². The van der Waals surface area contributed by atoms with Crippen molar-refractivity contribution in [2.24, 2.45) is 5.73 Å². The number of amides is 4. The van der Waals surface area contributed by atoms with E-state index in [9.17, 15) is 19.2 Å². The van der Waals surface area contributed by atoms with Gasteiger partial charge in [-0.1, -0.05) is 24.6 Å². The second kappa shape index (κ2) is 13.5. The van der Waals surface area contributed by atoms with E-state index in [4.69, 9.17) is 10.5 Å². The molecule has 11 nitrogen and oxygen atoms in total. The van der Waals surface area contributed by atoms with Crippen LogP contribution in [0.4, 0.5) is 11.5 Å². The van der Waals surface area contributed by atoms with Crippen LogP contribution in [0.2, 0.25) is 0 Å². The van der Waals surface area contributed by atoms with E-state index in [2.05, 4.69) is 15.6 Å². The number of unbranched alkanes of at least 4 members (excludes halogenated alkanes) is 2. The van der Waals surface area contributed by atoms with Crippen LogP contribution in [0.15, 0.2) is 54.6 Å². The van der Waals surface area contributed by atoms with Gasteiger partial charge in [-0.3, -0.25) is 19.2 Å². The Balaban J connectivity index is 1.04. The third-order valence-electron chi connectivity index (χ3n) is 8.42. The third kappa shape index (κ3) is 7.31. The van der Waals surface area contributed by atoms with Gasteiger partial charge in [0, 0.05) is 55.3 Å². The Morgan fingerprint density at radius 2 is 1.82 bits per heavy atom. The van der Waals surface area contributed by atoms with Crippen molar-refractivity contribution in [3.63, 3.8) is 0 Å². The molecule has 0 atom stereocenters. The SMILES string of the molecule is NCCCCCC(=O)N1CCc2nc(NC(=O)c3ccc(CN(C(=O)c4ccc5c(c4)OCC(=O)N5)C4CC4)cc3)ccc2C1. The average molecular weight is 611 g/mol. The molecule has 2 aromatic carbocycles. The summed E-state index contributed by atoms with van der Waals surface area (Å²) >= 11 is 0. The molecule has 45 heavy (non-hydrogen) atoms. The molecular weight excluding hydrogens is 572 g/mol. The first kappa shape index (κ1) is 30.3. The third-order valence-corrected chi connectivity index (χ3v) is 8.42. The maximum atomic E-state index is 13.5. The molecule has 0 spiro atoms. The Morgan fingerprint density at radius 1 is 1.02 bits per heavy atom. The minimum atomic E-state index is -0.268. The van der Waals surface area contributed by atoms with Crippen molar-refractivity contribution >= 4 is 35.1 Å². The molecule has 1 saturated carbocycles. The number of rotatable bonds is 11. The molecule has 0 bridgehead atoms. The number of nitrogens with two attached hydrogens (primary N) is 1. The van der Waals surface area contributed by atoms with Crippen LogP contribution in [0.5, 0.6) is 5.75 Å². The molecule has 3 aliphatic rings. The summed E-state index contributed by atoms with van der Waals surface area (Å²) in [6.07, 6.45) is 5.84. The number of carbonyl (C=O) groups excluding carboxylic acids is 4. The standard InChI is InChI=1S/C34H38N6O5/c35-16-3-1-2-4-32(42)39-17-15-27-25(20-39)10-14-30(36-27)38-33(43)23-7-5-22(6-8-23)19-40(26-11-12-26)34(44)24-9-13-28-29(18-24)45-21-31(41)37-28/h5-10,13-14,18,26H,1-4,11-12,15-17,19-21,35H2,(H,37,41)(H,36,38,43). The van der Waals surface area contributed by atoms with Gasteiger partial charge in [-0.2, -0.15) is 0 Å². The van der Waals surface area contributed by atoms with Gasteiger partial charge in [0.1, 0.15) is 11.6 Å². The summed E-state index contributed by atoms with van der Waals surface area (Å²) in [5.74, 6) is 0.535. The molecule has 0 unspecified atom stereocenters. The van der Waals surface area contributed by atoms with Crippen molar-refractivity contribution in [2.75, 3.05) is 30.3 Å². The van der Waals surface area contributed by atoms with E-state index in [-0.39, 0.29) is 36.3 Å². The molecule has 1 fully saturated rings. The zero-order valence-corrected chi connectivity index (χ0v) is 25.2. The van der Waals surface area contributed by atoms with Gasteiger partial charge < -0.3 is 30.9 Å². The molecule has 0 saturated heterocycles. The lowest BCUT2D eigenvalue weighted by Crippen LogP contribution is -2.36. The van der Waals surface area contributed by atoms with E-state index in [0.717, 1.165) is 48.9 Å². The fourth-order valence-electron chi connectivity index (χ4n) is 5.73. The number of hydrogen-bond acceptors (Lipinski definition) is 7. The first-order valence-electron chi connectivity index (χ1n) is 15.6. The summed E-state index contributed by atoms with van der Waals surface area (Å²) in [6, 6.07) is 16.2. The normalized spacial score (nSPS) is 15.3. The Morgan fingerprint density at radius 3 is 2.60 bits per heavy atom. The van der Waals surface area contributed by atoms with Crippen molar-refractivity contribution in [2.45, 2.75) is 64.1 Å². The summed E-state index contributed by atoms with van der Waals surface area (Å²) in [7, 11) is 0. The van der Waals surface area contributed by atoms with Crippen LogP contribution in [0.3, 0.4) is 0 Å². The Bertz CT molecular complexity index is 1600. The van der Waals surface area contributed by atoms with Crippen molar-refractivity contribution in [3.8, 4) is 5.75 Å². The molecule has 11 heteroatoms. The van der Waals surface area contributed by atoms with Gasteiger partial charge in [0.15, 0.2) is 6.61 Å². The van der Waals surface area contributed by atoms with E-state index in [1.54, 1.807) is 36.4 Å². The molecular formula is C34H38N6O5. The minimum absolute atomic E-state index is 0.0725. The van der Waals surface area contributed by atoms with Gasteiger partial charge in [-0.15, -0.1) is 0 Å². The number of aromatic nitrogens is 1. The van der Waals surface area contributed by atoms with Gasteiger partial charge >= 0.3 is 0 Å². The molecule has 1 aromatic heterocycles. The van der Waals surface area contributed by atoms with Crippen LogP contribution in [0, 0.1) is 0 Å². The van der Waals surface area contributed by atoms with Crippen molar-refractivity contribution in [1.82, 2.24) is 14.8 Å². The zero-order chi connectivity index (χ0) is 31.3. The highest BCUT2D eigenvalue weighted by molar-refractivity contribution is 6.04. The van der Waals surface area contributed by atoms with Gasteiger partial charge in [0.05, 0.1) is 5.69 Å². The fourth-order valence-corrected chi connectivity index (χ4v) is 5.73. The Labute approximate surface area is 262 Å². The van der Waals surface area contributed by atoms with Crippen LogP contribution in [0.25, 0.3) is 0 Å². The summed E-state index contributed by atoms with van der Waals surface area (Å²) in [5.41, 5.74) is 9.91. The molecule has 3 heterocycles. The second-order valence-corrected chi connectivity index (χ2v) is 11.8. The van der Waals surface area contributed by atoms with Crippen LogP contribution in [-0.4, -0.2) is 64.2 Å². The molecule has 2 aliphatic heterocycles. The van der Waals surface area contributed by atoms with Crippen molar-refractivity contribution in [1.29, 1.82) is 0 Å². The van der Waals surface area contributed by atoms with Crippen molar-refractivity contribution < 1.29 is 23.9 Å². The maximum absolute atomic E-state index is 13.5. The number of nitrogens with zero attached hydrogens (tertiary/aromatic N) is 3. The maximum Gasteiger partial charge on any atom is 0.262 e. The number of anilines is 2. The summed E-state index contributed by atoms with van der Waals surface area (Å²) < 4.78 is 5.49. The molecule has 4 amide bonds. The van der Waals surface area contributed by atoms with E-state index in [0.29, 0.717) is 67.4 Å². The predicted octanol–water partition coefficient (Wildman–Crippen LogP) is 3.87. The number of hydrogen-bond donors (Lipinski definition) is 3. The van der Waals surface area contributed by atoms with E-state index in [1.807, 2.05) is 28.0 Å². The quantitative estimate of drug-likeness (QED) is 0.279. The number of carbonyl (C=O) groups is 4. The lowest BCUT2D eigenvalue weighted by molar-refractivity contribution is -0.132. The second-order valence-electron chi connectivity index (χ2n) is 11.8. The highest BCUT2D eigenvalue weighted by Crippen LogP contribution is 2.33. The summed E-state index contributed by atoms with van der Waals surface area (Å²) in [5, 5.41) is 5.64. The number of pyridine rings is 1. The van der Waals surface area contributed by atoms with E-state index >= 15 is 0 Å². The average Bonchev–Trinajstić information content (AvgIpc) is 3.90. The van der Waals surface area contributed by atoms with Crippen LogP contribution in [0.1, 0.15) is 76.1 Å². The first-order chi connectivity index (χ1) is 21.9. The first-order valence-corrected chi connectivity index (χ1v) is 15.6. The number of nitrogens with one attached hydrogen (secondary N) is 2. The summed E-state index contributed by atoms with van der Waals surface area (Å²) in [6.45, 7) is 2.15. The topological polar surface area (TPSA) is 147 Å².